The quantitative estimate of drug-likeness (QED) is 0.516. The van der Waals surface area contributed by atoms with Gasteiger partial charge in [-0.2, -0.15) is 13.2 Å². The van der Waals surface area contributed by atoms with Crippen molar-refractivity contribution in [3.05, 3.63) is 0 Å². The fourth-order valence-corrected chi connectivity index (χ4v) is 1.01. The van der Waals surface area contributed by atoms with Gasteiger partial charge in [0.05, 0.1) is 19.8 Å². The second-order valence-electron chi connectivity index (χ2n) is 3.19. The number of rotatable bonds is 7. The third kappa shape index (κ3) is 7.10. The van der Waals surface area contributed by atoms with Crippen LogP contribution in [0.1, 0.15) is 13.8 Å². The van der Waals surface area contributed by atoms with Crippen LogP contribution in [0.4, 0.5) is 13.2 Å². The van der Waals surface area contributed by atoms with Crippen molar-refractivity contribution in [3.63, 3.8) is 0 Å². The van der Waals surface area contributed by atoms with E-state index in [0.29, 0.717) is 0 Å². The molecule has 0 unspecified atom stereocenters. The topological polar surface area (TPSA) is 61.8 Å². The number of hydrogen-bond acceptors (Lipinski definition) is 5. The van der Waals surface area contributed by atoms with E-state index < -0.39 is 37.2 Å². The zero-order valence-electron chi connectivity index (χ0n) is 10.1. The molecule has 0 aromatic carbocycles. The number of halogens is 3. The molecule has 8 heteroatoms. The van der Waals surface area contributed by atoms with Crippen LogP contribution in [0.15, 0.2) is 0 Å². The summed E-state index contributed by atoms with van der Waals surface area (Å²) in [7, 11) is 0. The Morgan fingerprint density at radius 3 is 1.83 bits per heavy atom. The summed E-state index contributed by atoms with van der Waals surface area (Å²) in [6.45, 7) is 0.773. The molecule has 0 heterocycles. The summed E-state index contributed by atoms with van der Waals surface area (Å²) in [5.74, 6) is -3.41. The van der Waals surface area contributed by atoms with Gasteiger partial charge >= 0.3 is 18.1 Å². The van der Waals surface area contributed by atoms with Gasteiger partial charge in [-0.3, -0.25) is 9.59 Å². The molecular formula is C10H15F3O5. The van der Waals surface area contributed by atoms with Crippen LogP contribution in [-0.4, -0.2) is 44.5 Å². The van der Waals surface area contributed by atoms with Crippen molar-refractivity contribution in [2.45, 2.75) is 20.0 Å². The molecule has 0 aliphatic carbocycles. The number of carbonyl (C=O) groups is 2. The number of esters is 2. The largest absolute Gasteiger partial charge is 0.465 e. The molecule has 0 N–H and O–H groups in total. The van der Waals surface area contributed by atoms with Crippen LogP contribution < -0.4 is 0 Å². The molecule has 0 saturated heterocycles. The fraction of sp³-hybridized carbons (Fsp3) is 0.800. The molecule has 0 aliphatic heterocycles. The minimum Gasteiger partial charge on any atom is -0.465 e. The van der Waals surface area contributed by atoms with Crippen molar-refractivity contribution < 1.29 is 37.0 Å². The van der Waals surface area contributed by atoms with Crippen molar-refractivity contribution in [3.8, 4) is 0 Å². The fourth-order valence-electron chi connectivity index (χ4n) is 1.01. The molecule has 0 spiro atoms. The average Bonchev–Trinajstić information content (AvgIpc) is 2.23. The van der Waals surface area contributed by atoms with Crippen LogP contribution in [0.2, 0.25) is 0 Å². The lowest BCUT2D eigenvalue weighted by Crippen LogP contribution is -2.33. The molecule has 0 fully saturated rings. The van der Waals surface area contributed by atoms with Gasteiger partial charge in [-0.25, -0.2) is 0 Å². The lowest BCUT2D eigenvalue weighted by Gasteiger charge is -2.15. The van der Waals surface area contributed by atoms with Gasteiger partial charge in [0.15, 0.2) is 5.92 Å². The third-order valence-electron chi connectivity index (χ3n) is 1.69. The maximum atomic E-state index is 11.8. The molecule has 0 rings (SSSR count). The summed E-state index contributed by atoms with van der Waals surface area (Å²) in [5, 5.41) is 0. The van der Waals surface area contributed by atoms with E-state index in [1.165, 1.54) is 13.8 Å². The highest BCUT2D eigenvalue weighted by Gasteiger charge is 2.33. The lowest BCUT2D eigenvalue weighted by atomic mass is 10.1. The second kappa shape index (κ2) is 7.91. The summed E-state index contributed by atoms with van der Waals surface area (Å²) in [5.41, 5.74) is 0. The molecule has 0 saturated carbocycles. The molecule has 0 bridgehead atoms. The standard InChI is InChI=1S/C10H15F3O5/c1-3-17-8(14)7(9(15)18-4-2)5-16-6-10(11,12)13/h7H,3-6H2,1-2H3. The molecule has 0 aromatic heterocycles. The Balaban J connectivity index is 4.38. The van der Waals surface area contributed by atoms with Gasteiger partial charge in [-0.1, -0.05) is 0 Å². The molecule has 0 aliphatic rings. The van der Waals surface area contributed by atoms with E-state index in [9.17, 15) is 22.8 Å². The molecule has 0 amide bonds. The minimum absolute atomic E-state index is 0.00795. The zero-order chi connectivity index (χ0) is 14.2. The van der Waals surface area contributed by atoms with E-state index in [0.717, 1.165) is 0 Å². The van der Waals surface area contributed by atoms with E-state index in [-0.39, 0.29) is 13.2 Å². The molecule has 0 radical (unpaired) electrons. The predicted octanol–water partition coefficient (Wildman–Crippen LogP) is 1.31. The predicted molar refractivity (Wildman–Crippen MR) is 53.6 cm³/mol. The summed E-state index contributed by atoms with van der Waals surface area (Å²) in [6.07, 6.45) is -4.52. The van der Waals surface area contributed by atoms with E-state index in [1.54, 1.807) is 0 Å². The van der Waals surface area contributed by atoms with Gasteiger partial charge in [-0.15, -0.1) is 0 Å². The molecule has 5 nitrogen and oxygen atoms in total. The van der Waals surface area contributed by atoms with Crippen molar-refractivity contribution >= 4 is 11.9 Å². The van der Waals surface area contributed by atoms with Gasteiger partial charge < -0.3 is 14.2 Å². The van der Waals surface area contributed by atoms with Crippen LogP contribution in [0.25, 0.3) is 0 Å². The Hall–Kier alpha value is -1.31. The lowest BCUT2D eigenvalue weighted by molar-refractivity contribution is -0.185. The van der Waals surface area contributed by atoms with Crippen molar-refractivity contribution in [1.82, 2.24) is 0 Å². The van der Waals surface area contributed by atoms with Crippen LogP contribution in [-0.2, 0) is 23.8 Å². The highest BCUT2D eigenvalue weighted by atomic mass is 19.4. The molecule has 106 valence electrons. The Labute approximate surface area is 102 Å². The van der Waals surface area contributed by atoms with Crippen LogP contribution in [0.3, 0.4) is 0 Å². The van der Waals surface area contributed by atoms with Crippen LogP contribution in [0.5, 0.6) is 0 Å². The maximum absolute atomic E-state index is 11.8. The molecule has 0 atom stereocenters. The first-order valence-electron chi connectivity index (χ1n) is 5.29. The number of alkyl halides is 3. The zero-order valence-corrected chi connectivity index (χ0v) is 10.1. The van der Waals surface area contributed by atoms with Crippen LogP contribution >= 0.6 is 0 Å². The Bertz CT molecular complexity index is 259. The molecular weight excluding hydrogens is 257 g/mol. The van der Waals surface area contributed by atoms with E-state index in [1.807, 2.05) is 0 Å². The highest BCUT2D eigenvalue weighted by molar-refractivity contribution is 5.95. The summed E-state index contributed by atoms with van der Waals surface area (Å²) >= 11 is 0. The Kier molecular flexibility index (Phi) is 7.33. The number of carbonyl (C=O) groups excluding carboxylic acids is 2. The number of ether oxygens (including phenoxy) is 3. The smallest absolute Gasteiger partial charge is 0.411 e. The first kappa shape index (κ1) is 16.7. The van der Waals surface area contributed by atoms with E-state index in [4.69, 9.17) is 0 Å². The highest BCUT2D eigenvalue weighted by Crippen LogP contribution is 2.15. The van der Waals surface area contributed by atoms with Crippen molar-refractivity contribution in [2.24, 2.45) is 5.92 Å². The Morgan fingerprint density at radius 2 is 1.50 bits per heavy atom. The SMILES string of the molecule is CCOC(=O)C(COCC(F)(F)F)C(=O)OCC. The minimum atomic E-state index is -4.52. The number of hydrogen-bond donors (Lipinski definition) is 0. The normalized spacial score (nSPS) is 11.4. The Morgan fingerprint density at radius 1 is 1.06 bits per heavy atom. The van der Waals surface area contributed by atoms with E-state index >= 15 is 0 Å². The summed E-state index contributed by atoms with van der Waals surface area (Å²) in [6, 6.07) is 0. The van der Waals surface area contributed by atoms with Gasteiger partial charge in [0, 0.05) is 0 Å². The first-order valence-corrected chi connectivity index (χ1v) is 5.29. The summed E-state index contributed by atoms with van der Waals surface area (Å²) in [4.78, 5) is 22.7. The van der Waals surface area contributed by atoms with Crippen LogP contribution in [0, 0.1) is 5.92 Å². The third-order valence-corrected chi connectivity index (χ3v) is 1.69. The molecule has 18 heavy (non-hydrogen) atoms. The maximum Gasteiger partial charge on any atom is 0.411 e. The first-order chi connectivity index (χ1) is 8.31. The summed E-state index contributed by atoms with van der Waals surface area (Å²) < 4.78 is 48.9. The molecule has 0 aromatic rings. The second-order valence-corrected chi connectivity index (χ2v) is 3.19. The van der Waals surface area contributed by atoms with Gasteiger partial charge in [0.25, 0.3) is 0 Å². The van der Waals surface area contributed by atoms with Gasteiger partial charge in [0.2, 0.25) is 0 Å². The van der Waals surface area contributed by atoms with Crippen molar-refractivity contribution in [2.75, 3.05) is 26.4 Å². The van der Waals surface area contributed by atoms with E-state index in [2.05, 4.69) is 14.2 Å². The average molecular weight is 272 g/mol. The van der Waals surface area contributed by atoms with Gasteiger partial charge in [-0.05, 0) is 13.8 Å². The monoisotopic (exact) mass is 272 g/mol. The van der Waals surface area contributed by atoms with Crippen molar-refractivity contribution in [1.29, 1.82) is 0 Å². The van der Waals surface area contributed by atoms with Gasteiger partial charge in [0.1, 0.15) is 6.61 Å².